The van der Waals surface area contributed by atoms with Crippen LogP contribution in [0.3, 0.4) is 0 Å². The molecule has 1 N–H and O–H groups in total. The van der Waals surface area contributed by atoms with Gasteiger partial charge in [0.1, 0.15) is 0 Å². The van der Waals surface area contributed by atoms with Crippen molar-refractivity contribution in [2.45, 2.75) is 19.1 Å². The first kappa shape index (κ1) is 15.3. The van der Waals surface area contributed by atoms with E-state index in [0.29, 0.717) is 21.2 Å². The van der Waals surface area contributed by atoms with E-state index in [1.165, 1.54) is 6.20 Å². The maximum atomic E-state index is 12.6. The number of thiazole rings is 1. The summed E-state index contributed by atoms with van der Waals surface area (Å²) in [5.41, 5.74) is 1.62. The molecule has 1 atom stereocenters. The van der Waals surface area contributed by atoms with E-state index >= 15 is 0 Å². The number of aromatic nitrogens is 1. The zero-order valence-electron chi connectivity index (χ0n) is 10.8. The normalized spacial score (nSPS) is 13.5. The number of halogens is 4. The van der Waals surface area contributed by atoms with Crippen LogP contribution in [0.2, 0.25) is 5.02 Å². The van der Waals surface area contributed by atoms with Crippen LogP contribution in [0.15, 0.2) is 24.4 Å². The number of benzene rings is 1. The third-order valence-electron chi connectivity index (χ3n) is 2.87. The lowest BCUT2D eigenvalue weighted by Gasteiger charge is -2.17. The van der Waals surface area contributed by atoms with E-state index < -0.39 is 17.2 Å². The molecule has 2 aromatic rings. The van der Waals surface area contributed by atoms with Crippen molar-refractivity contribution in [1.82, 2.24) is 10.3 Å². The molecular weight excluding hydrogens is 309 g/mol. The highest BCUT2D eigenvalue weighted by atomic mass is 35.5. The van der Waals surface area contributed by atoms with Crippen molar-refractivity contribution in [2.75, 3.05) is 7.05 Å². The lowest BCUT2D eigenvalue weighted by Crippen LogP contribution is -2.17. The van der Waals surface area contributed by atoms with Gasteiger partial charge in [-0.2, -0.15) is 13.2 Å². The second-order valence-electron chi connectivity index (χ2n) is 4.27. The minimum atomic E-state index is -4.42. The van der Waals surface area contributed by atoms with Crippen molar-refractivity contribution in [3.63, 3.8) is 0 Å². The molecule has 0 fully saturated rings. The molecule has 0 amide bonds. The largest absolute Gasteiger partial charge is 0.443 e. The van der Waals surface area contributed by atoms with Crippen LogP contribution in [0.25, 0.3) is 0 Å². The van der Waals surface area contributed by atoms with E-state index in [-0.39, 0.29) is 0 Å². The first-order chi connectivity index (χ1) is 9.34. The quantitative estimate of drug-likeness (QED) is 0.904. The summed E-state index contributed by atoms with van der Waals surface area (Å²) in [4.78, 5) is 3.92. The standard InChI is InChI=1S/C13H12ClF3N2S/c1-7-4-3-5-8(10(7)14)11(18-2)9-6-19-12(20-9)13(15,16)17/h3-6,11,18H,1-2H3. The molecule has 1 aromatic carbocycles. The Bertz CT molecular complexity index is 610. The Kier molecular flexibility index (Phi) is 4.36. The summed E-state index contributed by atoms with van der Waals surface area (Å²) < 4.78 is 37.8. The number of rotatable bonds is 3. The summed E-state index contributed by atoms with van der Waals surface area (Å²) in [6.45, 7) is 1.85. The highest BCUT2D eigenvalue weighted by Gasteiger charge is 2.35. The van der Waals surface area contributed by atoms with Gasteiger partial charge in [-0.05, 0) is 25.1 Å². The molecule has 1 heterocycles. The molecule has 0 aliphatic carbocycles. The molecule has 2 nitrogen and oxygen atoms in total. The molecule has 0 saturated heterocycles. The van der Waals surface area contributed by atoms with Crippen LogP contribution in [0.1, 0.15) is 27.1 Å². The third kappa shape index (κ3) is 2.97. The lowest BCUT2D eigenvalue weighted by molar-refractivity contribution is -0.137. The Balaban J connectivity index is 2.43. The van der Waals surface area contributed by atoms with Crippen molar-refractivity contribution in [1.29, 1.82) is 0 Å². The molecule has 2 rings (SSSR count). The summed E-state index contributed by atoms with van der Waals surface area (Å²) in [6, 6.07) is 5.07. The van der Waals surface area contributed by atoms with Crippen LogP contribution in [0.5, 0.6) is 0 Å². The number of hydrogen-bond acceptors (Lipinski definition) is 3. The molecule has 0 aliphatic heterocycles. The number of nitrogens with zero attached hydrogens (tertiary/aromatic N) is 1. The second-order valence-corrected chi connectivity index (χ2v) is 5.71. The van der Waals surface area contributed by atoms with Crippen molar-refractivity contribution < 1.29 is 13.2 Å². The molecular formula is C13H12ClF3N2S. The number of alkyl halides is 3. The topological polar surface area (TPSA) is 24.9 Å². The van der Waals surface area contributed by atoms with Gasteiger partial charge in [-0.1, -0.05) is 29.8 Å². The SMILES string of the molecule is CNC(c1cnc(C(F)(F)F)s1)c1cccc(C)c1Cl. The average molecular weight is 321 g/mol. The molecule has 1 aromatic heterocycles. The van der Waals surface area contributed by atoms with Crippen molar-refractivity contribution in [3.8, 4) is 0 Å². The summed E-state index contributed by atoms with van der Waals surface area (Å²) in [5.74, 6) is 0. The first-order valence-corrected chi connectivity index (χ1v) is 6.99. The van der Waals surface area contributed by atoms with Gasteiger partial charge in [0, 0.05) is 16.1 Å². The molecule has 0 saturated carbocycles. The number of nitrogens with one attached hydrogen (secondary N) is 1. The smallest absolute Gasteiger partial charge is 0.309 e. The fourth-order valence-corrected chi connectivity index (χ4v) is 3.04. The highest BCUT2D eigenvalue weighted by molar-refractivity contribution is 7.11. The summed E-state index contributed by atoms with van der Waals surface area (Å²) in [7, 11) is 1.68. The molecule has 108 valence electrons. The van der Waals surface area contributed by atoms with Crippen molar-refractivity contribution >= 4 is 22.9 Å². The lowest BCUT2D eigenvalue weighted by atomic mass is 10.0. The molecule has 0 radical (unpaired) electrons. The van der Waals surface area contributed by atoms with Gasteiger partial charge in [0.05, 0.1) is 6.04 Å². The zero-order chi connectivity index (χ0) is 14.9. The Labute approximate surface area is 123 Å². The zero-order valence-corrected chi connectivity index (χ0v) is 12.3. The summed E-state index contributed by atoms with van der Waals surface area (Å²) in [6.07, 6.45) is -3.18. The van der Waals surface area contributed by atoms with Crippen LogP contribution in [0.4, 0.5) is 13.2 Å². The van der Waals surface area contributed by atoms with E-state index in [4.69, 9.17) is 11.6 Å². The number of hydrogen-bond donors (Lipinski definition) is 1. The summed E-state index contributed by atoms with van der Waals surface area (Å²) in [5, 5.41) is 2.69. The Morgan fingerprint density at radius 1 is 1.35 bits per heavy atom. The van der Waals surface area contributed by atoms with Gasteiger partial charge in [0.2, 0.25) is 0 Å². The predicted molar refractivity (Wildman–Crippen MR) is 74.2 cm³/mol. The van der Waals surface area contributed by atoms with E-state index in [9.17, 15) is 13.2 Å². The van der Waals surface area contributed by atoms with Crippen LogP contribution in [-0.4, -0.2) is 12.0 Å². The van der Waals surface area contributed by atoms with E-state index in [1.54, 1.807) is 13.1 Å². The van der Waals surface area contributed by atoms with Gasteiger partial charge >= 0.3 is 6.18 Å². The van der Waals surface area contributed by atoms with Crippen LogP contribution >= 0.6 is 22.9 Å². The Hall–Kier alpha value is -1.11. The van der Waals surface area contributed by atoms with Crippen molar-refractivity contribution in [2.24, 2.45) is 0 Å². The van der Waals surface area contributed by atoms with Crippen LogP contribution in [0, 0.1) is 6.92 Å². The number of aryl methyl sites for hydroxylation is 1. The van der Waals surface area contributed by atoms with Gasteiger partial charge in [0.25, 0.3) is 0 Å². The molecule has 7 heteroatoms. The third-order valence-corrected chi connectivity index (χ3v) is 4.50. The molecule has 0 bridgehead atoms. The van der Waals surface area contributed by atoms with Crippen LogP contribution < -0.4 is 5.32 Å². The van der Waals surface area contributed by atoms with Gasteiger partial charge in [0.15, 0.2) is 5.01 Å². The minimum absolute atomic E-state index is 0.406. The molecule has 1 unspecified atom stereocenters. The molecule has 0 aliphatic rings. The van der Waals surface area contributed by atoms with Gasteiger partial charge < -0.3 is 5.32 Å². The van der Waals surface area contributed by atoms with Gasteiger partial charge in [-0.15, -0.1) is 11.3 Å². The summed E-state index contributed by atoms with van der Waals surface area (Å²) >= 11 is 6.86. The monoisotopic (exact) mass is 320 g/mol. The molecule has 20 heavy (non-hydrogen) atoms. The predicted octanol–water partition coefficient (Wildman–Crippen LogP) is 4.43. The maximum Gasteiger partial charge on any atom is 0.443 e. The maximum absolute atomic E-state index is 12.6. The van der Waals surface area contributed by atoms with Crippen LogP contribution in [-0.2, 0) is 6.18 Å². The highest BCUT2D eigenvalue weighted by Crippen LogP contribution is 2.37. The minimum Gasteiger partial charge on any atom is -0.309 e. The first-order valence-electron chi connectivity index (χ1n) is 5.79. The fourth-order valence-electron chi connectivity index (χ4n) is 1.90. The fraction of sp³-hybridized carbons (Fsp3) is 0.308. The Morgan fingerprint density at radius 2 is 2.05 bits per heavy atom. The average Bonchev–Trinajstić information content (AvgIpc) is 2.85. The van der Waals surface area contributed by atoms with E-state index in [2.05, 4.69) is 10.3 Å². The second kappa shape index (κ2) is 5.71. The Morgan fingerprint density at radius 3 is 2.60 bits per heavy atom. The molecule has 0 spiro atoms. The van der Waals surface area contributed by atoms with Crippen molar-refractivity contribution in [3.05, 3.63) is 50.4 Å². The van der Waals surface area contributed by atoms with Gasteiger partial charge in [-0.25, -0.2) is 4.98 Å². The van der Waals surface area contributed by atoms with Gasteiger partial charge in [-0.3, -0.25) is 0 Å². The van der Waals surface area contributed by atoms with E-state index in [0.717, 1.165) is 11.1 Å². The van der Waals surface area contributed by atoms with E-state index in [1.807, 2.05) is 19.1 Å².